The van der Waals surface area contributed by atoms with Crippen molar-refractivity contribution in [2.45, 2.75) is 87.1 Å². The predicted molar refractivity (Wildman–Crippen MR) is 152 cm³/mol. The minimum atomic E-state index is -1.48. The van der Waals surface area contributed by atoms with Crippen LogP contribution in [0.1, 0.15) is 56.3 Å². The van der Waals surface area contributed by atoms with Gasteiger partial charge in [0.2, 0.25) is 5.91 Å². The van der Waals surface area contributed by atoms with Gasteiger partial charge in [0.05, 0.1) is 29.6 Å². The maximum absolute atomic E-state index is 14.0. The second kappa shape index (κ2) is 9.46. The zero-order valence-corrected chi connectivity index (χ0v) is 25.2. The van der Waals surface area contributed by atoms with E-state index in [0.717, 1.165) is 0 Å². The molecule has 5 aliphatic carbocycles. The molecule has 10 heteroatoms. The Morgan fingerprint density at radius 3 is 2.50 bits per heavy atom. The Labute approximate surface area is 247 Å². The number of likely N-dealkylation sites (N-methyl/N-ethyl adjacent to an activating group) is 1. The number of likely N-dealkylation sites (tertiary alicyclic amines) is 1. The highest BCUT2D eigenvalue weighted by Crippen LogP contribution is 2.79. The van der Waals surface area contributed by atoms with Gasteiger partial charge in [-0.1, -0.05) is 19.1 Å². The molecule has 6 fully saturated rings. The highest BCUT2D eigenvalue weighted by atomic mass is 16.6. The van der Waals surface area contributed by atoms with Gasteiger partial charge in [0.15, 0.2) is 0 Å². The Balaban J connectivity index is 1.38. The number of hydrogen-bond acceptors (Lipinski definition) is 9. The lowest BCUT2D eigenvalue weighted by atomic mass is 9.44. The van der Waals surface area contributed by atoms with Crippen LogP contribution in [-0.4, -0.2) is 103 Å². The van der Waals surface area contributed by atoms with E-state index < -0.39 is 34.3 Å². The molecule has 7 bridgehead atoms. The number of amides is 1. The van der Waals surface area contributed by atoms with Gasteiger partial charge in [0, 0.05) is 76.3 Å². The number of nitrogens with zero attached hydrogens (tertiary/aromatic N) is 1. The van der Waals surface area contributed by atoms with Gasteiger partial charge in [-0.05, 0) is 44.4 Å². The Morgan fingerprint density at radius 1 is 1.07 bits per heavy atom. The molecule has 1 heterocycles. The topological polar surface area (TPSA) is 127 Å². The number of rotatable bonds is 7. The number of hydrogen-bond donors (Lipinski definition) is 3. The molecule has 1 amide bonds. The second-order valence-corrected chi connectivity index (χ2v) is 13.7. The number of fused-ring (bicyclic) bond motifs is 2. The molecule has 1 aliphatic heterocycles. The summed E-state index contributed by atoms with van der Waals surface area (Å²) in [5.74, 6) is -1.54. The zero-order valence-electron chi connectivity index (χ0n) is 25.2. The first-order chi connectivity index (χ1) is 20.1. The summed E-state index contributed by atoms with van der Waals surface area (Å²) in [6.07, 6.45) is 1.91. The zero-order chi connectivity index (χ0) is 29.8. The van der Waals surface area contributed by atoms with E-state index >= 15 is 0 Å². The van der Waals surface area contributed by atoms with Gasteiger partial charge in [-0.15, -0.1) is 0 Å². The minimum absolute atomic E-state index is 0.0432. The van der Waals surface area contributed by atoms with Gasteiger partial charge >= 0.3 is 5.97 Å². The van der Waals surface area contributed by atoms with Gasteiger partial charge in [0.25, 0.3) is 0 Å². The molecule has 1 saturated heterocycles. The summed E-state index contributed by atoms with van der Waals surface area (Å²) in [5, 5.41) is 28.4. The highest BCUT2D eigenvalue weighted by molar-refractivity contribution is 6.00. The quantitative estimate of drug-likeness (QED) is 0.414. The Morgan fingerprint density at radius 2 is 1.83 bits per heavy atom. The molecule has 1 spiro atoms. The number of anilines is 1. The third-order valence-electron chi connectivity index (χ3n) is 12.6. The fourth-order valence-electron chi connectivity index (χ4n) is 11.6. The van der Waals surface area contributed by atoms with Crippen LogP contribution < -0.4 is 5.32 Å². The van der Waals surface area contributed by atoms with Crippen molar-refractivity contribution in [1.82, 2.24) is 4.90 Å². The van der Waals surface area contributed by atoms with Crippen LogP contribution in [0.2, 0.25) is 0 Å². The fraction of sp³-hybridized carbons (Fsp3) is 0.750. The van der Waals surface area contributed by atoms with Crippen LogP contribution in [0.25, 0.3) is 0 Å². The number of benzene rings is 1. The first-order valence-electron chi connectivity index (χ1n) is 15.4. The van der Waals surface area contributed by atoms with Crippen LogP contribution in [0.3, 0.4) is 0 Å². The number of aliphatic hydroxyl groups is 2. The molecule has 0 radical (unpaired) electrons. The standard InChI is InChI=1S/C32H44N2O8/c1-6-34-16-29(42-28(36)18-9-7-8-10-21(18)33-17(2)35)12-11-25(40-4)31-23(29)14-20(26(31)34)30(37)15-22(39-3)19-13-24(31)32(30,38)27(19)41-5/h7-10,19-20,22-27,37-38H,6,11-16H2,1-5H3,(H,33,35)/t19-,20+,22+,23-,24+,25+,26-,27+,29-,30+,31+,32+/m1/s1. The lowest BCUT2D eigenvalue weighted by molar-refractivity contribution is -0.337. The van der Waals surface area contributed by atoms with Gasteiger partial charge in [-0.2, -0.15) is 0 Å². The summed E-state index contributed by atoms with van der Waals surface area (Å²) < 4.78 is 25.1. The van der Waals surface area contributed by atoms with Crippen LogP contribution in [0.4, 0.5) is 5.69 Å². The molecular formula is C32H44N2O8. The van der Waals surface area contributed by atoms with Crippen LogP contribution >= 0.6 is 0 Å². The molecule has 0 unspecified atom stereocenters. The smallest absolute Gasteiger partial charge is 0.340 e. The molecule has 6 aliphatic rings. The van der Waals surface area contributed by atoms with Gasteiger partial charge < -0.3 is 34.5 Å². The summed E-state index contributed by atoms with van der Waals surface area (Å²) in [6.45, 7) is 4.79. The second-order valence-electron chi connectivity index (χ2n) is 13.7. The van der Waals surface area contributed by atoms with E-state index in [1.54, 1.807) is 45.6 Å². The molecule has 5 saturated carbocycles. The number of nitrogens with one attached hydrogen (secondary N) is 1. The normalized spacial score (nSPS) is 48.2. The number of esters is 1. The summed E-state index contributed by atoms with van der Waals surface area (Å²) >= 11 is 0. The van der Waals surface area contributed by atoms with E-state index in [4.69, 9.17) is 18.9 Å². The molecule has 230 valence electrons. The average Bonchev–Trinajstić information content (AvgIpc) is 3.39. The lowest BCUT2D eigenvalue weighted by Crippen LogP contribution is -2.83. The van der Waals surface area contributed by atoms with Crippen LogP contribution in [-0.2, 0) is 23.7 Å². The van der Waals surface area contributed by atoms with Crippen molar-refractivity contribution in [1.29, 1.82) is 0 Å². The third kappa shape index (κ3) is 3.21. The number of methoxy groups -OCH3 is 3. The van der Waals surface area contributed by atoms with Crippen LogP contribution in [0.5, 0.6) is 0 Å². The lowest BCUT2D eigenvalue weighted by Gasteiger charge is -2.70. The fourth-order valence-corrected chi connectivity index (χ4v) is 11.6. The van der Waals surface area contributed by atoms with E-state index in [-0.39, 0.29) is 47.8 Å². The summed E-state index contributed by atoms with van der Waals surface area (Å²) in [5.41, 5.74) is -3.57. The molecule has 3 N–H and O–H groups in total. The maximum atomic E-state index is 14.0. The van der Waals surface area contributed by atoms with E-state index in [1.165, 1.54) is 6.92 Å². The highest BCUT2D eigenvalue weighted by Gasteiger charge is 2.89. The van der Waals surface area contributed by atoms with Crippen molar-refractivity contribution in [3.63, 3.8) is 0 Å². The van der Waals surface area contributed by atoms with Gasteiger partial charge in [-0.25, -0.2) is 4.79 Å². The maximum Gasteiger partial charge on any atom is 0.340 e. The van der Waals surface area contributed by atoms with Crippen LogP contribution in [0.15, 0.2) is 24.3 Å². The molecular weight excluding hydrogens is 540 g/mol. The Kier molecular flexibility index (Phi) is 6.46. The summed E-state index contributed by atoms with van der Waals surface area (Å²) in [4.78, 5) is 28.3. The molecule has 12 atom stereocenters. The van der Waals surface area contributed by atoms with Crippen molar-refractivity contribution < 1.29 is 38.7 Å². The van der Waals surface area contributed by atoms with Crippen molar-refractivity contribution in [2.24, 2.45) is 29.1 Å². The van der Waals surface area contributed by atoms with Crippen molar-refractivity contribution in [3.05, 3.63) is 29.8 Å². The first-order valence-corrected chi connectivity index (χ1v) is 15.4. The Bertz CT molecular complexity index is 1290. The molecule has 1 aromatic carbocycles. The largest absolute Gasteiger partial charge is 0.454 e. The summed E-state index contributed by atoms with van der Waals surface area (Å²) in [7, 11) is 5.05. The number of para-hydroxylation sites is 1. The van der Waals surface area contributed by atoms with Crippen molar-refractivity contribution in [3.8, 4) is 0 Å². The van der Waals surface area contributed by atoms with Crippen molar-refractivity contribution in [2.75, 3.05) is 39.7 Å². The van der Waals surface area contributed by atoms with E-state index in [0.29, 0.717) is 56.4 Å². The minimum Gasteiger partial charge on any atom is -0.454 e. The predicted octanol–water partition coefficient (Wildman–Crippen LogP) is 2.22. The molecule has 0 aromatic heterocycles. The molecule has 42 heavy (non-hydrogen) atoms. The average molecular weight is 585 g/mol. The third-order valence-corrected chi connectivity index (χ3v) is 12.6. The van der Waals surface area contributed by atoms with Gasteiger partial charge in [0.1, 0.15) is 16.8 Å². The number of carbonyl (C=O) groups is 2. The van der Waals surface area contributed by atoms with E-state index in [9.17, 15) is 19.8 Å². The van der Waals surface area contributed by atoms with Crippen molar-refractivity contribution >= 4 is 17.6 Å². The summed E-state index contributed by atoms with van der Waals surface area (Å²) in [6, 6.07) is 6.89. The monoisotopic (exact) mass is 584 g/mol. The molecule has 1 aromatic rings. The molecule has 7 rings (SSSR count). The van der Waals surface area contributed by atoms with Crippen LogP contribution in [0, 0.1) is 29.1 Å². The first kappa shape index (κ1) is 28.7. The Hall–Kier alpha value is -2.08. The van der Waals surface area contributed by atoms with E-state index in [2.05, 4.69) is 17.1 Å². The van der Waals surface area contributed by atoms with E-state index in [1.807, 2.05) is 0 Å². The SMILES string of the molecule is CCN1C[C@]2(OC(=O)c3ccccc3NC(C)=O)CC[C@H](OC)[C@@]34[C@@H]2C[C@@H]([C@@H]13)[C@@]1(O)C[C@H](OC)[C@H]2C[C@@H]4[C@]1(O)[C@H]2OC. The van der Waals surface area contributed by atoms with Gasteiger partial charge in [-0.3, -0.25) is 9.69 Å². The number of ether oxygens (including phenoxy) is 4. The molecule has 10 nitrogen and oxygen atoms in total. The number of carbonyl (C=O) groups excluding carboxylic acids is 2. The number of piperidine rings is 1.